The number of fused-ring (bicyclic) bond motifs is 1. The van der Waals surface area contributed by atoms with Crippen molar-refractivity contribution in [2.24, 2.45) is 5.41 Å². The molecular formula is C13H15ClN2O2S. The minimum absolute atomic E-state index is 0.0652. The van der Waals surface area contributed by atoms with E-state index >= 15 is 0 Å². The van der Waals surface area contributed by atoms with Crippen molar-refractivity contribution in [3.05, 3.63) is 17.2 Å². The number of ether oxygens (including phenoxy) is 1. The van der Waals surface area contributed by atoms with E-state index in [0.29, 0.717) is 15.9 Å². The lowest BCUT2D eigenvalue weighted by Crippen LogP contribution is -2.27. The number of carbonyl (C=O) groups is 1. The normalized spacial score (nSPS) is 11.6. The molecule has 0 bridgehead atoms. The van der Waals surface area contributed by atoms with Crippen molar-refractivity contribution in [1.82, 2.24) is 4.98 Å². The highest BCUT2D eigenvalue weighted by Gasteiger charge is 2.22. The number of aromatic nitrogens is 1. The Balaban J connectivity index is 2.34. The molecule has 0 aliphatic carbocycles. The number of carbonyl (C=O) groups excluding carboxylic acids is 1. The Labute approximate surface area is 120 Å². The molecule has 0 fully saturated rings. The van der Waals surface area contributed by atoms with Crippen LogP contribution < -0.4 is 10.1 Å². The second kappa shape index (κ2) is 4.98. The Bertz CT molecular complexity index is 631. The van der Waals surface area contributed by atoms with Crippen molar-refractivity contribution in [2.75, 3.05) is 12.4 Å². The van der Waals surface area contributed by atoms with Gasteiger partial charge in [-0.25, -0.2) is 4.98 Å². The highest BCUT2D eigenvalue weighted by atomic mass is 35.5. The van der Waals surface area contributed by atoms with Gasteiger partial charge >= 0.3 is 0 Å². The molecule has 0 saturated carbocycles. The van der Waals surface area contributed by atoms with Crippen molar-refractivity contribution in [3.8, 4) is 5.75 Å². The van der Waals surface area contributed by atoms with E-state index in [1.165, 1.54) is 11.3 Å². The van der Waals surface area contributed by atoms with Crippen LogP contribution >= 0.6 is 22.9 Å². The SMILES string of the molecule is COc1cc2sc(NC(=O)C(C)(C)C)nc2cc1Cl. The van der Waals surface area contributed by atoms with Gasteiger partial charge in [0.2, 0.25) is 5.91 Å². The molecule has 1 heterocycles. The summed E-state index contributed by atoms with van der Waals surface area (Å²) in [5.74, 6) is 0.538. The quantitative estimate of drug-likeness (QED) is 0.913. The number of hydrogen-bond donors (Lipinski definition) is 1. The monoisotopic (exact) mass is 298 g/mol. The molecule has 0 spiro atoms. The van der Waals surface area contributed by atoms with Crippen LogP contribution in [0.5, 0.6) is 5.75 Å². The highest BCUT2D eigenvalue weighted by Crippen LogP contribution is 2.34. The number of hydrogen-bond acceptors (Lipinski definition) is 4. The zero-order valence-corrected chi connectivity index (χ0v) is 12.8. The number of nitrogens with one attached hydrogen (secondary N) is 1. The van der Waals surface area contributed by atoms with Gasteiger partial charge in [0.1, 0.15) is 5.75 Å². The van der Waals surface area contributed by atoms with E-state index in [1.807, 2.05) is 26.8 Å². The predicted molar refractivity (Wildman–Crippen MR) is 79.3 cm³/mol. The fourth-order valence-corrected chi connectivity index (χ4v) is 2.53. The first-order valence-electron chi connectivity index (χ1n) is 5.77. The fourth-order valence-electron chi connectivity index (χ4n) is 1.42. The zero-order valence-electron chi connectivity index (χ0n) is 11.2. The molecule has 1 amide bonds. The Morgan fingerprint density at radius 3 is 2.68 bits per heavy atom. The molecule has 0 atom stereocenters. The van der Waals surface area contributed by atoms with Crippen molar-refractivity contribution in [2.45, 2.75) is 20.8 Å². The largest absolute Gasteiger partial charge is 0.495 e. The van der Waals surface area contributed by atoms with Crippen LogP contribution in [0.4, 0.5) is 5.13 Å². The van der Waals surface area contributed by atoms with Crippen LogP contribution in [0.2, 0.25) is 5.02 Å². The molecule has 19 heavy (non-hydrogen) atoms. The summed E-state index contributed by atoms with van der Waals surface area (Å²) in [6.45, 7) is 5.57. The van der Waals surface area contributed by atoms with Gasteiger partial charge in [-0.15, -0.1) is 0 Å². The predicted octanol–water partition coefficient (Wildman–Crippen LogP) is 3.94. The number of benzene rings is 1. The standard InChI is InChI=1S/C13H15ClN2O2S/c1-13(2,3)11(17)16-12-15-8-5-7(14)9(18-4)6-10(8)19-12/h5-6H,1-4H3,(H,15,16,17). The van der Waals surface area contributed by atoms with Crippen LogP contribution in [-0.2, 0) is 4.79 Å². The molecule has 6 heteroatoms. The summed E-state index contributed by atoms with van der Waals surface area (Å²) in [4.78, 5) is 16.3. The molecule has 2 rings (SSSR count). The van der Waals surface area contributed by atoms with Gasteiger partial charge in [-0.05, 0) is 6.07 Å². The smallest absolute Gasteiger partial charge is 0.231 e. The number of rotatable bonds is 2. The van der Waals surface area contributed by atoms with E-state index in [0.717, 1.165) is 10.2 Å². The molecule has 1 aromatic heterocycles. The zero-order chi connectivity index (χ0) is 14.2. The Morgan fingerprint density at radius 2 is 2.11 bits per heavy atom. The van der Waals surface area contributed by atoms with Crippen LogP contribution in [0.1, 0.15) is 20.8 Å². The second-order valence-corrected chi connectivity index (χ2v) is 6.62. The maximum absolute atomic E-state index is 11.9. The topological polar surface area (TPSA) is 51.2 Å². The van der Waals surface area contributed by atoms with Crippen LogP contribution in [-0.4, -0.2) is 18.0 Å². The first-order valence-corrected chi connectivity index (χ1v) is 6.96. The van der Waals surface area contributed by atoms with Gasteiger partial charge in [0.25, 0.3) is 0 Å². The highest BCUT2D eigenvalue weighted by molar-refractivity contribution is 7.22. The summed E-state index contributed by atoms with van der Waals surface area (Å²) < 4.78 is 6.08. The van der Waals surface area contributed by atoms with Crippen LogP contribution in [0, 0.1) is 5.41 Å². The van der Waals surface area contributed by atoms with Gasteiger partial charge in [-0.3, -0.25) is 4.79 Å². The van der Waals surface area contributed by atoms with Gasteiger partial charge in [-0.1, -0.05) is 43.7 Å². The van der Waals surface area contributed by atoms with Crippen molar-refractivity contribution < 1.29 is 9.53 Å². The molecule has 2 aromatic rings. The maximum Gasteiger partial charge on any atom is 0.231 e. The van der Waals surface area contributed by atoms with Crippen LogP contribution in [0.15, 0.2) is 12.1 Å². The third-order valence-electron chi connectivity index (χ3n) is 2.56. The Morgan fingerprint density at radius 1 is 1.42 bits per heavy atom. The van der Waals surface area contributed by atoms with Gasteiger partial charge in [0.05, 0.1) is 22.3 Å². The van der Waals surface area contributed by atoms with Crippen LogP contribution in [0.25, 0.3) is 10.2 Å². The molecular weight excluding hydrogens is 284 g/mol. The summed E-state index contributed by atoms with van der Waals surface area (Å²) in [5, 5.41) is 3.89. The van der Waals surface area contributed by atoms with Crippen LogP contribution in [0.3, 0.4) is 0 Å². The number of halogens is 1. The summed E-state index contributed by atoms with van der Waals surface area (Å²) in [7, 11) is 1.57. The number of methoxy groups -OCH3 is 1. The molecule has 4 nitrogen and oxygen atoms in total. The number of nitrogens with zero attached hydrogens (tertiary/aromatic N) is 1. The van der Waals surface area contributed by atoms with Gasteiger partial charge in [-0.2, -0.15) is 0 Å². The number of thiazole rings is 1. The summed E-state index contributed by atoms with van der Waals surface area (Å²) in [5.41, 5.74) is 0.299. The minimum atomic E-state index is -0.451. The Kier molecular flexibility index (Phi) is 3.69. The van der Waals surface area contributed by atoms with E-state index in [1.54, 1.807) is 13.2 Å². The molecule has 1 N–H and O–H groups in total. The first kappa shape index (κ1) is 14.1. The summed E-state index contributed by atoms with van der Waals surface area (Å²) >= 11 is 7.44. The van der Waals surface area contributed by atoms with E-state index < -0.39 is 5.41 Å². The van der Waals surface area contributed by atoms with Gasteiger partial charge < -0.3 is 10.1 Å². The lowest BCUT2D eigenvalue weighted by Gasteiger charge is -2.15. The third kappa shape index (κ3) is 2.98. The molecule has 1 aromatic carbocycles. The van der Waals surface area contributed by atoms with Gasteiger partial charge in [0, 0.05) is 11.5 Å². The molecule has 0 aliphatic rings. The lowest BCUT2D eigenvalue weighted by atomic mass is 9.96. The van der Waals surface area contributed by atoms with Crippen molar-refractivity contribution in [3.63, 3.8) is 0 Å². The molecule has 0 unspecified atom stereocenters. The van der Waals surface area contributed by atoms with Crippen molar-refractivity contribution >= 4 is 44.2 Å². The Hall–Kier alpha value is -1.33. The second-order valence-electron chi connectivity index (χ2n) is 5.18. The molecule has 0 radical (unpaired) electrons. The van der Waals surface area contributed by atoms with Gasteiger partial charge in [0.15, 0.2) is 5.13 Å². The summed E-state index contributed by atoms with van der Waals surface area (Å²) in [6.07, 6.45) is 0. The summed E-state index contributed by atoms with van der Waals surface area (Å²) in [6, 6.07) is 3.56. The molecule has 0 aliphatic heterocycles. The van der Waals surface area contributed by atoms with E-state index in [-0.39, 0.29) is 5.91 Å². The fraction of sp³-hybridized carbons (Fsp3) is 0.385. The van der Waals surface area contributed by atoms with Crippen molar-refractivity contribution in [1.29, 1.82) is 0 Å². The van der Waals surface area contributed by atoms with E-state index in [4.69, 9.17) is 16.3 Å². The first-order chi connectivity index (χ1) is 8.81. The average molecular weight is 299 g/mol. The third-order valence-corrected chi connectivity index (χ3v) is 3.79. The van der Waals surface area contributed by atoms with E-state index in [2.05, 4.69) is 10.3 Å². The van der Waals surface area contributed by atoms with E-state index in [9.17, 15) is 4.79 Å². The molecule has 0 saturated heterocycles. The number of amides is 1. The molecule has 102 valence electrons. The number of anilines is 1. The lowest BCUT2D eigenvalue weighted by molar-refractivity contribution is -0.123. The minimum Gasteiger partial charge on any atom is -0.495 e. The maximum atomic E-state index is 11.9. The average Bonchev–Trinajstić information content (AvgIpc) is 2.67.